The first-order valence-corrected chi connectivity index (χ1v) is 9.34. The van der Waals surface area contributed by atoms with E-state index in [1.807, 2.05) is 12.1 Å². The summed E-state index contributed by atoms with van der Waals surface area (Å²) in [5, 5.41) is 12.7. The fourth-order valence-corrected chi connectivity index (χ4v) is 3.54. The molecule has 0 aromatic heterocycles. The smallest absolute Gasteiger partial charge is 0.336 e. The topological polar surface area (TPSA) is 49.3 Å². The molecule has 136 valence electrons. The second-order valence-electron chi connectivity index (χ2n) is 6.80. The van der Waals surface area contributed by atoms with E-state index in [0.29, 0.717) is 11.6 Å². The van der Waals surface area contributed by atoms with E-state index in [1.54, 1.807) is 6.07 Å². The first-order chi connectivity index (χ1) is 11.2. The molecule has 1 aliphatic rings. The molecular formula is C20H32ClNO2. The lowest BCUT2D eigenvalue weighted by Crippen LogP contribution is -2.15. The van der Waals surface area contributed by atoms with E-state index in [9.17, 15) is 9.90 Å². The average molecular weight is 354 g/mol. The summed E-state index contributed by atoms with van der Waals surface area (Å²) < 4.78 is 0. The molecule has 0 spiro atoms. The summed E-state index contributed by atoms with van der Waals surface area (Å²) >= 11 is 0. The summed E-state index contributed by atoms with van der Waals surface area (Å²) in [5.41, 5.74) is 2.47. The minimum Gasteiger partial charge on any atom is -0.478 e. The predicted octanol–water partition coefficient (Wildman–Crippen LogP) is 6.06. The van der Waals surface area contributed by atoms with Crippen LogP contribution < -0.4 is 5.32 Å². The van der Waals surface area contributed by atoms with E-state index < -0.39 is 5.97 Å². The lowest BCUT2D eigenvalue weighted by molar-refractivity contribution is 0.0696. The molecule has 1 unspecified atom stereocenters. The van der Waals surface area contributed by atoms with Gasteiger partial charge < -0.3 is 10.4 Å². The summed E-state index contributed by atoms with van der Waals surface area (Å²) in [7, 11) is 0. The fraction of sp³-hybridized carbons (Fsp3) is 0.650. The van der Waals surface area contributed by atoms with Gasteiger partial charge in [-0.3, -0.25) is 0 Å². The Balaban J connectivity index is 0.00000288. The summed E-state index contributed by atoms with van der Waals surface area (Å²) in [4.78, 5) is 11.3. The van der Waals surface area contributed by atoms with Crippen LogP contribution in [0.4, 0.5) is 5.69 Å². The van der Waals surface area contributed by atoms with Crippen molar-refractivity contribution in [3.63, 3.8) is 0 Å². The number of unbranched alkanes of at least 4 members (excludes halogenated alkanes) is 8. The van der Waals surface area contributed by atoms with E-state index in [1.165, 1.54) is 57.8 Å². The van der Waals surface area contributed by atoms with Crippen molar-refractivity contribution in [1.29, 1.82) is 0 Å². The van der Waals surface area contributed by atoms with Crippen LogP contribution in [0.5, 0.6) is 0 Å². The third-order valence-electron chi connectivity index (χ3n) is 4.87. The van der Waals surface area contributed by atoms with Crippen LogP contribution in [0.3, 0.4) is 0 Å². The molecule has 1 aromatic carbocycles. The summed E-state index contributed by atoms with van der Waals surface area (Å²) in [5.74, 6) is -0.813. The number of benzene rings is 1. The molecule has 0 fully saturated rings. The molecule has 0 radical (unpaired) electrons. The Hall–Kier alpha value is -1.22. The molecule has 0 amide bonds. The van der Waals surface area contributed by atoms with E-state index >= 15 is 0 Å². The van der Waals surface area contributed by atoms with Crippen LogP contribution in [0.1, 0.15) is 87.1 Å². The number of nitrogens with one attached hydrogen (secondary N) is 1. The zero-order valence-corrected chi connectivity index (χ0v) is 15.7. The first-order valence-electron chi connectivity index (χ1n) is 9.34. The number of rotatable bonds is 11. The van der Waals surface area contributed by atoms with Gasteiger partial charge in [0.25, 0.3) is 0 Å². The Morgan fingerprint density at radius 3 is 2.33 bits per heavy atom. The Morgan fingerprint density at radius 2 is 1.71 bits per heavy atom. The van der Waals surface area contributed by atoms with Crippen molar-refractivity contribution >= 4 is 24.1 Å². The molecule has 24 heavy (non-hydrogen) atoms. The molecular weight excluding hydrogens is 322 g/mol. The molecule has 1 atom stereocenters. The van der Waals surface area contributed by atoms with Crippen LogP contribution in [-0.2, 0) is 6.42 Å². The minimum absolute atomic E-state index is 0. The largest absolute Gasteiger partial charge is 0.478 e. The highest BCUT2D eigenvalue weighted by molar-refractivity contribution is 5.92. The number of carboxylic acid groups (broad SMARTS) is 1. The van der Waals surface area contributed by atoms with Crippen LogP contribution in [-0.4, -0.2) is 17.1 Å². The van der Waals surface area contributed by atoms with Gasteiger partial charge in [0.1, 0.15) is 0 Å². The average Bonchev–Trinajstić information content (AvgIpc) is 2.95. The molecule has 1 aliphatic heterocycles. The number of aromatic carboxylic acids is 1. The van der Waals surface area contributed by atoms with Crippen molar-refractivity contribution in [3.8, 4) is 0 Å². The highest BCUT2D eigenvalue weighted by atomic mass is 35.5. The normalized spacial score (nSPS) is 15.5. The molecule has 4 heteroatoms. The van der Waals surface area contributed by atoms with Crippen LogP contribution in [0, 0.1) is 0 Å². The van der Waals surface area contributed by atoms with Crippen LogP contribution in [0.2, 0.25) is 0 Å². The zero-order chi connectivity index (χ0) is 16.5. The van der Waals surface area contributed by atoms with Gasteiger partial charge in [0.2, 0.25) is 0 Å². The van der Waals surface area contributed by atoms with E-state index in [-0.39, 0.29) is 12.4 Å². The maximum atomic E-state index is 11.3. The van der Waals surface area contributed by atoms with Gasteiger partial charge in [0.05, 0.1) is 5.56 Å². The van der Waals surface area contributed by atoms with Crippen LogP contribution >= 0.6 is 12.4 Å². The second-order valence-corrected chi connectivity index (χ2v) is 6.80. The second kappa shape index (κ2) is 11.4. The van der Waals surface area contributed by atoms with Gasteiger partial charge >= 0.3 is 5.97 Å². The van der Waals surface area contributed by atoms with E-state index in [4.69, 9.17) is 0 Å². The van der Waals surface area contributed by atoms with E-state index in [0.717, 1.165) is 24.1 Å². The third kappa shape index (κ3) is 6.35. The highest BCUT2D eigenvalue weighted by Gasteiger charge is 2.24. The summed E-state index contributed by atoms with van der Waals surface area (Å²) in [6.07, 6.45) is 14.1. The number of halogens is 1. The molecule has 3 nitrogen and oxygen atoms in total. The standard InChI is InChI=1S/C20H31NO2.ClH/c1-2-3-4-5-6-7-8-9-10-12-16-15-18-17(20(22)23)13-11-14-19(18)21-16;/h11,13-14,16,21H,2-10,12,15H2,1H3,(H,22,23);1H. The van der Waals surface area contributed by atoms with Crippen LogP contribution in [0.25, 0.3) is 0 Å². The molecule has 2 rings (SSSR count). The van der Waals surface area contributed by atoms with E-state index in [2.05, 4.69) is 12.2 Å². The molecule has 2 N–H and O–H groups in total. The SMILES string of the molecule is CCCCCCCCCCCC1Cc2c(cccc2C(=O)O)N1.Cl. The Morgan fingerprint density at radius 1 is 1.08 bits per heavy atom. The van der Waals surface area contributed by atoms with Gasteiger partial charge in [-0.1, -0.05) is 70.8 Å². The Bertz CT molecular complexity index is 504. The number of anilines is 1. The van der Waals surface area contributed by atoms with Gasteiger partial charge in [-0.15, -0.1) is 12.4 Å². The monoisotopic (exact) mass is 353 g/mol. The Labute approximate surface area is 152 Å². The van der Waals surface area contributed by atoms with Gasteiger partial charge in [0.15, 0.2) is 0 Å². The fourth-order valence-electron chi connectivity index (χ4n) is 3.54. The molecule has 0 aliphatic carbocycles. The lowest BCUT2D eigenvalue weighted by Gasteiger charge is -2.10. The molecule has 1 aromatic rings. The number of hydrogen-bond acceptors (Lipinski definition) is 2. The maximum Gasteiger partial charge on any atom is 0.336 e. The van der Waals surface area contributed by atoms with Gasteiger partial charge in [0, 0.05) is 11.7 Å². The zero-order valence-electron chi connectivity index (χ0n) is 14.9. The van der Waals surface area contributed by atoms with Crippen molar-refractivity contribution in [1.82, 2.24) is 0 Å². The summed E-state index contributed by atoms with van der Waals surface area (Å²) in [6.45, 7) is 2.26. The molecule has 0 bridgehead atoms. The summed E-state index contributed by atoms with van der Waals surface area (Å²) in [6, 6.07) is 5.95. The van der Waals surface area contributed by atoms with Crippen molar-refractivity contribution in [2.45, 2.75) is 83.6 Å². The molecule has 0 saturated heterocycles. The molecule has 0 saturated carbocycles. The first kappa shape index (κ1) is 20.8. The van der Waals surface area contributed by atoms with Crippen molar-refractivity contribution < 1.29 is 9.90 Å². The van der Waals surface area contributed by atoms with Crippen LogP contribution in [0.15, 0.2) is 18.2 Å². The Kier molecular flexibility index (Phi) is 9.85. The number of fused-ring (bicyclic) bond motifs is 1. The van der Waals surface area contributed by atoms with Gasteiger partial charge in [-0.25, -0.2) is 4.79 Å². The maximum absolute atomic E-state index is 11.3. The molecule has 1 heterocycles. The number of hydrogen-bond donors (Lipinski definition) is 2. The highest BCUT2D eigenvalue weighted by Crippen LogP contribution is 2.30. The number of carbonyl (C=O) groups is 1. The minimum atomic E-state index is -0.813. The predicted molar refractivity (Wildman–Crippen MR) is 104 cm³/mol. The lowest BCUT2D eigenvalue weighted by atomic mass is 9.99. The van der Waals surface area contributed by atoms with Gasteiger partial charge in [-0.2, -0.15) is 0 Å². The number of carboxylic acids is 1. The quantitative estimate of drug-likeness (QED) is 0.475. The van der Waals surface area contributed by atoms with Crippen molar-refractivity contribution in [3.05, 3.63) is 29.3 Å². The third-order valence-corrected chi connectivity index (χ3v) is 4.87. The van der Waals surface area contributed by atoms with Crippen molar-refractivity contribution in [2.24, 2.45) is 0 Å². The van der Waals surface area contributed by atoms with Gasteiger partial charge in [-0.05, 0) is 30.5 Å². The van der Waals surface area contributed by atoms with Crippen molar-refractivity contribution in [2.75, 3.05) is 5.32 Å².